The molecule has 3 aliphatic rings. The third kappa shape index (κ3) is 4.01. The number of hydrogen-bond acceptors (Lipinski definition) is 5. The Kier molecular flexibility index (Phi) is 5.37. The van der Waals surface area contributed by atoms with E-state index < -0.39 is 0 Å². The summed E-state index contributed by atoms with van der Waals surface area (Å²) < 4.78 is 4.96. The van der Waals surface area contributed by atoms with E-state index in [1.54, 1.807) is 16.7 Å². The third-order valence-electron chi connectivity index (χ3n) is 4.02. The van der Waals surface area contributed by atoms with Crippen molar-refractivity contribution in [2.75, 3.05) is 32.8 Å². The molecule has 1 atom stereocenters. The Hall–Kier alpha value is -2.35. The number of allylic oxidation sites excluding steroid dienone is 3. The highest BCUT2D eigenvalue weighted by Gasteiger charge is 2.28. The molecule has 1 unspecified atom stereocenters. The van der Waals surface area contributed by atoms with E-state index in [1.807, 2.05) is 24.3 Å². The molecular weight excluding hydrogens is 342 g/mol. The first-order valence-corrected chi connectivity index (χ1v) is 9.03. The van der Waals surface area contributed by atoms with Gasteiger partial charge in [0.05, 0.1) is 22.5 Å². The van der Waals surface area contributed by atoms with Gasteiger partial charge in [0.1, 0.15) is 0 Å². The van der Waals surface area contributed by atoms with Gasteiger partial charge in [-0.15, -0.1) is 11.8 Å². The second-order valence-corrected chi connectivity index (χ2v) is 6.83. The van der Waals surface area contributed by atoms with E-state index in [1.165, 1.54) is 17.8 Å². The standard InChI is InChI=1S/C17H19N3O4S/c1-2-24-17(23)20-9-7-19(8-10-20)15(21)11-14-16(22)18-12-5-3-4-6-13(12)25-14/h3-6,11,13H,2,7-10H2,1H3/b14-11-. The Bertz CT molecular complexity index is 703. The highest BCUT2D eigenvalue weighted by molar-refractivity contribution is 8.05. The van der Waals surface area contributed by atoms with Crippen LogP contribution in [0.3, 0.4) is 0 Å². The summed E-state index contributed by atoms with van der Waals surface area (Å²) in [6.07, 6.45) is 8.51. The maximum atomic E-state index is 12.4. The lowest BCUT2D eigenvalue weighted by molar-refractivity contribution is -0.127. The summed E-state index contributed by atoms with van der Waals surface area (Å²) in [6, 6.07) is 0. The number of aliphatic imine (C=N–C) groups is 1. The van der Waals surface area contributed by atoms with E-state index in [0.29, 0.717) is 43.4 Å². The van der Waals surface area contributed by atoms with Gasteiger partial charge in [0.15, 0.2) is 0 Å². The van der Waals surface area contributed by atoms with Crippen LogP contribution in [-0.2, 0) is 14.3 Å². The summed E-state index contributed by atoms with van der Waals surface area (Å²) >= 11 is 1.34. The molecule has 2 heterocycles. The smallest absolute Gasteiger partial charge is 0.409 e. The zero-order valence-electron chi connectivity index (χ0n) is 13.9. The third-order valence-corrected chi connectivity index (χ3v) is 5.22. The summed E-state index contributed by atoms with van der Waals surface area (Å²) in [5, 5.41) is -0.0255. The highest BCUT2D eigenvalue weighted by Crippen LogP contribution is 2.31. The first-order chi connectivity index (χ1) is 12.1. The second-order valence-electron chi connectivity index (χ2n) is 5.64. The first kappa shape index (κ1) is 17.5. The van der Waals surface area contributed by atoms with Crippen molar-refractivity contribution in [2.45, 2.75) is 12.2 Å². The molecule has 0 saturated carbocycles. The van der Waals surface area contributed by atoms with Gasteiger partial charge in [-0.3, -0.25) is 9.59 Å². The maximum Gasteiger partial charge on any atom is 0.409 e. The number of carbonyl (C=O) groups is 3. The Morgan fingerprint density at radius 1 is 1.28 bits per heavy atom. The van der Waals surface area contributed by atoms with Crippen LogP contribution in [0, 0.1) is 0 Å². The molecule has 3 amide bonds. The van der Waals surface area contributed by atoms with Crippen molar-refractivity contribution >= 4 is 35.4 Å². The predicted molar refractivity (Wildman–Crippen MR) is 95.4 cm³/mol. The molecule has 0 radical (unpaired) electrons. The molecule has 0 spiro atoms. The summed E-state index contributed by atoms with van der Waals surface area (Å²) in [5.74, 6) is -0.608. The Morgan fingerprint density at radius 3 is 2.72 bits per heavy atom. The largest absolute Gasteiger partial charge is 0.450 e. The van der Waals surface area contributed by atoms with Crippen molar-refractivity contribution in [3.63, 3.8) is 0 Å². The molecule has 0 N–H and O–H groups in total. The van der Waals surface area contributed by atoms with Crippen LogP contribution in [0.15, 0.2) is 40.3 Å². The molecule has 8 heteroatoms. The Labute approximate surface area is 150 Å². The van der Waals surface area contributed by atoms with Crippen molar-refractivity contribution in [3.05, 3.63) is 35.3 Å². The summed E-state index contributed by atoms with van der Waals surface area (Å²) in [5.41, 5.74) is 0.713. The van der Waals surface area contributed by atoms with Crippen molar-refractivity contribution in [1.82, 2.24) is 9.80 Å². The van der Waals surface area contributed by atoms with E-state index in [-0.39, 0.29) is 23.2 Å². The van der Waals surface area contributed by atoms with Crippen LogP contribution in [-0.4, -0.2) is 71.5 Å². The fraction of sp³-hybridized carbons (Fsp3) is 0.412. The fourth-order valence-electron chi connectivity index (χ4n) is 2.70. The Morgan fingerprint density at radius 2 is 2.00 bits per heavy atom. The molecule has 7 nitrogen and oxygen atoms in total. The number of ether oxygens (including phenoxy) is 1. The van der Waals surface area contributed by atoms with E-state index in [4.69, 9.17) is 4.74 Å². The molecule has 132 valence electrons. The monoisotopic (exact) mass is 361 g/mol. The SMILES string of the molecule is CCOC(=O)N1CCN(C(=O)/C=C2\SC3C=CC=CC3=NC2=O)CC1. The van der Waals surface area contributed by atoms with Gasteiger partial charge in [0.2, 0.25) is 5.91 Å². The number of amides is 3. The van der Waals surface area contributed by atoms with E-state index >= 15 is 0 Å². The van der Waals surface area contributed by atoms with Crippen molar-refractivity contribution < 1.29 is 19.1 Å². The number of nitrogens with zero attached hydrogens (tertiary/aromatic N) is 3. The van der Waals surface area contributed by atoms with Gasteiger partial charge in [0.25, 0.3) is 5.91 Å². The number of carbonyl (C=O) groups excluding carboxylic acids is 3. The minimum Gasteiger partial charge on any atom is -0.450 e. The Balaban J connectivity index is 1.61. The fourth-order valence-corrected chi connectivity index (χ4v) is 3.71. The highest BCUT2D eigenvalue weighted by atomic mass is 32.2. The van der Waals surface area contributed by atoms with Crippen LogP contribution >= 0.6 is 11.8 Å². The molecule has 1 fully saturated rings. The van der Waals surface area contributed by atoms with Crippen molar-refractivity contribution in [3.8, 4) is 0 Å². The van der Waals surface area contributed by atoms with E-state index in [2.05, 4.69) is 4.99 Å². The minimum atomic E-state index is -0.380. The van der Waals surface area contributed by atoms with Gasteiger partial charge in [-0.05, 0) is 13.0 Å². The van der Waals surface area contributed by atoms with Gasteiger partial charge < -0.3 is 14.5 Å². The summed E-state index contributed by atoms with van der Waals surface area (Å²) in [6.45, 7) is 3.77. The number of rotatable bonds is 2. The van der Waals surface area contributed by atoms with Crippen LogP contribution in [0.2, 0.25) is 0 Å². The predicted octanol–water partition coefficient (Wildman–Crippen LogP) is 1.38. The summed E-state index contributed by atoms with van der Waals surface area (Å²) in [4.78, 5) is 43.8. The normalized spacial score (nSPS) is 24.2. The number of piperazine rings is 1. The van der Waals surface area contributed by atoms with Crippen molar-refractivity contribution in [1.29, 1.82) is 0 Å². The number of thioether (sulfide) groups is 1. The second kappa shape index (κ2) is 7.69. The lowest BCUT2D eigenvalue weighted by Crippen LogP contribution is -2.50. The van der Waals surface area contributed by atoms with E-state index in [9.17, 15) is 14.4 Å². The summed E-state index contributed by atoms with van der Waals surface area (Å²) in [7, 11) is 0. The number of fused-ring (bicyclic) bond motifs is 1. The quantitative estimate of drug-likeness (QED) is 0.694. The molecule has 3 rings (SSSR count). The first-order valence-electron chi connectivity index (χ1n) is 8.15. The van der Waals surface area contributed by atoms with Gasteiger partial charge >= 0.3 is 6.09 Å². The molecule has 1 aliphatic carbocycles. The van der Waals surface area contributed by atoms with E-state index in [0.717, 1.165) is 0 Å². The zero-order valence-corrected chi connectivity index (χ0v) is 14.7. The molecular formula is C17H19N3O4S. The topological polar surface area (TPSA) is 79.3 Å². The van der Waals surface area contributed by atoms with Gasteiger partial charge in [-0.2, -0.15) is 0 Å². The molecule has 1 saturated heterocycles. The zero-order chi connectivity index (χ0) is 17.8. The van der Waals surface area contributed by atoms with Crippen LogP contribution in [0.25, 0.3) is 0 Å². The molecule has 0 aromatic heterocycles. The van der Waals surface area contributed by atoms with Gasteiger partial charge in [-0.1, -0.05) is 18.2 Å². The average Bonchev–Trinajstić information content (AvgIpc) is 2.62. The van der Waals surface area contributed by atoms with Crippen LogP contribution in [0.1, 0.15) is 6.92 Å². The maximum absolute atomic E-state index is 12.4. The number of hydrogen-bond donors (Lipinski definition) is 0. The van der Waals surface area contributed by atoms with Gasteiger partial charge in [-0.25, -0.2) is 9.79 Å². The molecule has 0 aromatic carbocycles. The minimum absolute atomic E-state index is 0.0255. The van der Waals surface area contributed by atoms with Crippen LogP contribution in [0.5, 0.6) is 0 Å². The lowest BCUT2D eigenvalue weighted by Gasteiger charge is -2.33. The molecule has 0 bridgehead atoms. The van der Waals surface area contributed by atoms with Crippen LogP contribution in [0.4, 0.5) is 4.79 Å². The van der Waals surface area contributed by atoms with Gasteiger partial charge in [0, 0.05) is 32.3 Å². The average molecular weight is 361 g/mol. The van der Waals surface area contributed by atoms with Crippen LogP contribution < -0.4 is 0 Å². The molecule has 0 aromatic rings. The van der Waals surface area contributed by atoms with Crippen molar-refractivity contribution in [2.24, 2.45) is 4.99 Å². The molecule has 25 heavy (non-hydrogen) atoms. The molecule has 2 aliphatic heterocycles. The lowest BCUT2D eigenvalue weighted by atomic mass is 10.1.